The van der Waals surface area contributed by atoms with Gasteiger partial charge in [0.15, 0.2) is 0 Å². The third-order valence-corrected chi connectivity index (χ3v) is 4.80. The number of aryl methyl sites for hydroxylation is 1. The smallest absolute Gasteiger partial charge is 0.0435 e. The van der Waals surface area contributed by atoms with E-state index in [1.165, 1.54) is 35.1 Å². The van der Waals surface area contributed by atoms with Crippen LogP contribution < -0.4 is 0 Å². The first-order valence-electron chi connectivity index (χ1n) is 7.01. The Morgan fingerprint density at radius 1 is 1.00 bits per heavy atom. The second kappa shape index (κ2) is 5.02. The highest BCUT2D eigenvalue weighted by Gasteiger charge is 2.25. The van der Waals surface area contributed by atoms with Crippen molar-refractivity contribution >= 4 is 11.6 Å². The number of hydrogen-bond acceptors (Lipinski definition) is 0. The van der Waals surface area contributed by atoms with Crippen LogP contribution in [0, 0.1) is 6.92 Å². The molecule has 0 aliphatic heterocycles. The average Bonchev–Trinajstić information content (AvgIpc) is 2.43. The summed E-state index contributed by atoms with van der Waals surface area (Å²) in [4.78, 5) is 0. The van der Waals surface area contributed by atoms with Crippen molar-refractivity contribution in [1.29, 1.82) is 0 Å². The lowest BCUT2D eigenvalue weighted by Crippen LogP contribution is -2.13. The minimum atomic E-state index is 0.531. The molecule has 0 unspecified atom stereocenters. The summed E-state index contributed by atoms with van der Waals surface area (Å²) >= 11 is 6.14. The molecule has 0 nitrogen and oxygen atoms in total. The SMILES string of the molecule is Cc1cc([C@@H]2CC[C@H](C)c3ccccc32)ccc1Cl. The highest BCUT2D eigenvalue weighted by Crippen LogP contribution is 2.42. The molecule has 19 heavy (non-hydrogen) atoms. The lowest BCUT2D eigenvalue weighted by molar-refractivity contribution is 0.545. The Kier molecular flexibility index (Phi) is 3.36. The van der Waals surface area contributed by atoms with Gasteiger partial charge in [0.2, 0.25) is 0 Å². The van der Waals surface area contributed by atoms with Crippen molar-refractivity contribution in [3.05, 3.63) is 69.7 Å². The largest absolute Gasteiger partial charge is 0.0841 e. The summed E-state index contributed by atoms with van der Waals surface area (Å²) in [6, 6.07) is 15.4. The Labute approximate surface area is 120 Å². The molecule has 1 aliphatic rings. The van der Waals surface area contributed by atoms with Crippen molar-refractivity contribution in [3.8, 4) is 0 Å². The van der Waals surface area contributed by atoms with Gasteiger partial charge in [-0.25, -0.2) is 0 Å². The van der Waals surface area contributed by atoms with Crippen molar-refractivity contribution in [2.24, 2.45) is 0 Å². The molecule has 0 bridgehead atoms. The summed E-state index contributed by atoms with van der Waals surface area (Å²) in [5.74, 6) is 1.21. The highest BCUT2D eigenvalue weighted by molar-refractivity contribution is 6.31. The third kappa shape index (κ3) is 2.30. The number of fused-ring (bicyclic) bond motifs is 1. The quantitative estimate of drug-likeness (QED) is 0.626. The lowest BCUT2D eigenvalue weighted by Gasteiger charge is -2.30. The van der Waals surface area contributed by atoms with Crippen molar-refractivity contribution in [1.82, 2.24) is 0 Å². The maximum atomic E-state index is 6.14. The van der Waals surface area contributed by atoms with Gasteiger partial charge in [-0.3, -0.25) is 0 Å². The van der Waals surface area contributed by atoms with Crippen molar-refractivity contribution in [3.63, 3.8) is 0 Å². The van der Waals surface area contributed by atoms with Crippen LogP contribution in [0.1, 0.15) is 53.9 Å². The van der Waals surface area contributed by atoms with Crippen LogP contribution in [0.5, 0.6) is 0 Å². The summed E-state index contributed by atoms with van der Waals surface area (Å²) in [5.41, 5.74) is 5.60. The Morgan fingerprint density at radius 2 is 1.74 bits per heavy atom. The molecule has 3 rings (SSSR count). The van der Waals surface area contributed by atoms with Crippen LogP contribution in [0.15, 0.2) is 42.5 Å². The maximum absolute atomic E-state index is 6.14. The summed E-state index contributed by atoms with van der Waals surface area (Å²) < 4.78 is 0. The van der Waals surface area contributed by atoms with E-state index >= 15 is 0 Å². The molecule has 0 saturated heterocycles. The van der Waals surface area contributed by atoms with Gasteiger partial charge in [0.1, 0.15) is 0 Å². The molecule has 2 aromatic rings. The summed E-state index contributed by atoms with van der Waals surface area (Å²) in [5, 5.41) is 0.862. The van der Waals surface area contributed by atoms with Crippen LogP contribution in [-0.4, -0.2) is 0 Å². The first kappa shape index (κ1) is 12.7. The number of benzene rings is 2. The first-order valence-corrected chi connectivity index (χ1v) is 7.39. The van der Waals surface area contributed by atoms with Gasteiger partial charge in [-0.15, -0.1) is 0 Å². The van der Waals surface area contributed by atoms with Gasteiger partial charge in [0.05, 0.1) is 0 Å². The zero-order chi connectivity index (χ0) is 13.4. The van der Waals surface area contributed by atoms with Crippen molar-refractivity contribution in [2.45, 2.75) is 38.5 Å². The van der Waals surface area contributed by atoms with E-state index in [0.717, 1.165) is 5.02 Å². The van der Waals surface area contributed by atoms with E-state index < -0.39 is 0 Å². The fourth-order valence-electron chi connectivity index (χ4n) is 3.24. The zero-order valence-corrected chi connectivity index (χ0v) is 12.2. The molecule has 1 heteroatoms. The third-order valence-electron chi connectivity index (χ3n) is 4.38. The predicted molar refractivity (Wildman–Crippen MR) is 82.1 cm³/mol. The second-order valence-corrected chi connectivity index (χ2v) is 6.08. The minimum Gasteiger partial charge on any atom is -0.0841 e. The summed E-state index contributed by atoms with van der Waals surface area (Å²) in [7, 11) is 0. The Bertz CT molecular complexity index is 600. The molecular weight excluding hydrogens is 252 g/mol. The van der Waals surface area contributed by atoms with Crippen LogP contribution in [0.3, 0.4) is 0 Å². The molecule has 0 amide bonds. The molecule has 0 radical (unpaired) electrons. The zero-order valence-electron chi connectivity index (χ0n) is 11.5. The highest BCUT2D eigenvalue weighted by atomic mass is 35.5. The molecule has 0 spiro atoms. The molecular formula is C18H19Cl. The lowest BCUT2D eigenvalue weighted by atomic mass is 9.74. The van der Waals surface area contributed by atoms with Gasteiger partial charge in [-0.05, 0) is 54.0 Å². The predicted octanol–water partition coefficient (Wildman–Crippen LogP) is 5.68. The Balaban J connectivity index is 2.07. The minimum absolute atomic E-state index is 0.531. The van der Waals surface area contributed by atoms with E-state index in [1.807, 2.05) is 6.07 Å². The van der Waals surface area contributed by atoms with Gasteiger partial charge in [-0.1, -0.05) is 54.9 Å². The van der Waals surface area contributed by atoms with E-state index in [1.54, 1.807) is 0 Å². The van der Waals surface area contributed by atoms with Crippen LogP contribution in [0.4, 0.5) is 0 Å². The molecule has 0 heterocycles. The molecule has 98 valence electrons. The molecule has 0 N–H and O–H groups in total. The Hall–Kier alpha value is -1.27. The van der Waals surface area contributed by atoms with E-state index in [-0.39, 0.29) is 0 Å². The van der Waals surface area contributed by atoms with Gasteiger partial charge in [-0.2, -0.15) is 0 Å². The molecule has 0 aromatic heterocycles. The first-order chi connectivity index (χ1) is 9.16. The van der Waals surface area contributed by atoms with Crippen LogP contribution in [0.25, 0.3) is 0 Å². The normalized spacial score (nSPS) is 22.1. The number of halogens is 1. The molecule has 0 saturated carbocycles. The molecule has 2 atom stereocenters. The van der Waals surface area contributed by atoms with E-state index in [0.29, 0.717) is 11.8 Å². The van der Waals surface area contributed by atoms with Crippen molar-refractivity contribution in [2.75, 3.05) is 0 Å². The summed E-state index contributed by atoms with van der Waals surface area (Å²) in [6.45, 7) is 4.42. The molecule has 1 aliphatic carbocycles. The van der Waals surface area contributed by atoms with Gasteiger partial charge < -0.3 is 0 Å². The molecule has 2 aromatic carbocycles. The fraction of sp³-hybridized carbons (Fsp3) is 0.333. The van der Waals surface area contributed by atoms with Gasteiger partial charge >= 0.3 is 0 Å². The topological polar surface area (TPSA) is 0 Å². The number of hydrogen-bond donors (Lipinski definition) is 0. The average molecular weight is 271 g/mol. The van der Waals surface area contributed by atoms with E-state index in [2.05, 4.69) is 50.2 Å². The fourth-order valence-corrected chi connectivity index (χ4v) is 3.35. The second-order valence-electron chi connectivity index (χ2n) is 5.67. The van der Waals surface area contributed by atoms with Crippen LogP contribution >= 0.6 is 11.6 Å². The summed E-state index contributed by atoms with van der Waals surface area (Å²) in [6.07, 6.45) is 2.50. The van der Waals surface area contributed by atoms with Gasteiger partial charge in [0.25, 0.3) is 0 Å². The van der Waals surface area contributed by atoms with Crippen LogP contribution in [0.2, 0.25) is 5.02 Å². The maximum Gasteiger partial charge on any atom is 0.0435 e. The van der Waals surface area contributed by atoms with Gasteiger partial charge in [0, 0.05) is 10.9 Å². The molecule has 0 fully saturated rings. The van der Waals surface area contributed by atoms with E-state index in [9.17, 15) is 0 Å². The standard InChI is InChI=1S/C18H19Cl/c1-12-7-9-16(17-6-4-3-5-15(12)17)14-8-10-18(19)13(2)11-14/h3-6,8,10-12,16H,7,9H2,1-2H3/t12-,16-/m0/s1. The van der Waals surface area contributed by atoms with Crippen molar-refractivity contribution < 1.29 is 0 Å². The number of rotatable bonds is 1. The monoisotopic (exact) mass is 270 g/mol. The Morgan fingerprint density at radius 3 is 2.47 bits per heavy atom. The van der Waals surface area contributed by atoms with Crippen LogP contribution in [-0.2, 0) is 0 Å². The van der Waals surface area contributed by atoms with E-state index in [4.69, 9.17) is 11.6 Å².